The van der Waals surface area contributed by atoms with Gasteiger partial charge in [-0.1, -0.05) is 11.8 Å². The molecule has 3 N–H and O–H groups in total. The van der Waals surface area contributed by atoms with E-state index in [-0.39, 0.29) is 17.3 Å². The number of sulfonamides is 1. The zero-order valence-corrected chi connectivity index (χ0v) is 11.8. The van der Waals surface area contributed by atoms with Crippen LogP contribution in [0.5, 0.6) is 0 Å². The average molecular weight is 309 g/mol. The number of imidazole rings is 1. The molecule has 0 saturated carbocycles. The van der Waals surface area contributed by atoms with Crippen molar-refractivity contribution in [1.29, 1.82) is 0 Å². The molecule has 0 radical (unpaired) electrons. The molecule has 21 heavy (non-hydrogen) atoms. The van der Waals surface area contributed by atoms with Gasteiger partial charge in [0.2, 0.25) is 0 Å². The Labute approximate surface area is 121 Å². The highest BCUT2D eigenvalue weighted by Gasteiger charge is 2.18. The van der Waals surface area contributed by atoms with Gasteiger partial charge >= 0.3 is 0 Å². The van der Waals surface area contributed by atoms with Gasteiger partial charge in [0.1, 0.15) is 18.2 Å². The SMILES string of the molecule is Cc1ncc(S(=O)(=O)Nc2ccc(C#CCO)cc2F)[nH]1. The topological polar surface area (TPSA) is 95.1 Å². The molecule has 2 rings (SSSR count). The van der Waals surface area contributed by atoms with Crippen LogP contribution in [0.2, 0.25) is 0 Å². The number of H-pyrrole nitrogens is 1. The largest absolute Gasteiger partial charge is 0.384 e. The summed E-state index contributed by atoms with van der Waals surface area (Å²) in [6.45, 7) is 1.27. The molecule has 0 spiro atoms. The Kier molecular flexibility index (Phi) is 4.26. The fourth-order valence-electron chi connectivity index (χ4n) is 1.55. The molecule has 0 amide bonds. The molecule has 0 saturated heterocycles. The van der Waals surface area contributed by atoms with Crippen LogP contribution in [-0.2, 0) is 10.0 Å². The van der Waals surface area contributed by atoms with Gasteiger partial charge in [0.25, 0.3) is 10.0 Å². The van der Waals surface area contributed by atoms with Gasteiger partial charge in [0.05, 0.1) is 11.9 Å². The van der Waals surface area contributed by atoms with E-state index in [4.69, 9.17) is 5.11 Å². The van der Waals surface area contributed by atoms with Crippen molar-refractivity contribution in [2.24, 2.45) is 0 Å². The van der Waals surface area contributed by atoms with E-state index < -0.39 is 15.8 Å². The number of rotatable bonds is 3. The number of hydrogen-bond acceptors (Lipinski definition) is 4. The molecule has 0 fully saturated rings. The Morgan fingerprint density at radius 1 is 1.48 bits per heavy atom. The number of hydrogen-bond donors (Lipinski definition) is 3. The van der Waals surface area contributed by atoms with Crippen molar-refractivity contribution in [2.75, 3.05) is 11.3 Å². The lowest BCUT2D eigenvalue weighted by Crippen LogP contribution is -2.14. The summed E-state index contributed by atoms with van der Waals surface area (Å²) in [6, 6.07) is 3.79. The standard InChI is InChI=1S/C13H12FN3O3S/c1-9-15-8-13(16-9)21(19,20)17-12-5-4-10(3-2-6-18)7-11(12)14/h4-5,7-8,17-18H,6H2,1H3,(H,15,16). The van der Waals surface area contributed by atoms with E-state index in [1.54, 1.807) is 6.92 Å². The lowest BCUT2D eigenvalue weighted by molar-refractivity contribution is 0.350. The summed E-state index contributed by atoms with van der Waals surface area (Å²) < 4.78 is 40.0. The molecule has 6 nitrogen and oxygen atoms in total. The molecule has 110 valence electrons. The van der Waals surface area contributed by atoms with Gasteiger partial charge in [0, 0.05) is 5.56 Å². The van der Waals surface area contributed by atoms with E-state index in [0.29, 0.717) is 11.4 Å². The van der Waals surface area contributed by atoms with Crippen LogP contribution in [0.15, 0.2) is 29.4 Å². The third-order valence-corrected chi connectivity index (χ3v) is 3.77. The first-order valence-corrected chi connectivity index (χ1v) is 7.34. The van der Waals surface area contributed by atoms with Crippen molar-refractivity contribution in [3.8, 4) is 11.8 Å². The number of aliphatic hydroxyl groups is 1. The van der Waals surface area contributed by atoms with Crippen molar-refractivity contribution in [2.45, 2.75) is 11.9 Å². The number of aromatic amines is 1. The molecule has 0 unspecified atom stereocenters. The molecule has 0 bridgehead atoms. The lowest BCUT2D eigenvalue weighted by atomic mass is 10.2. The van der Waals surface area contributed by atoms with Gasteiger partial charge in [-0.15, -0.1) is 0 Å². The number of aromatic nitrogens is 2. The third kappa shape index (κ3) is 3.59. The minimum Gasteiger partial charge on any atom is -0.384 e. The van der Waals surface area contributed by atoms with Crippen LogP contribution in [0.4, 0.5) is 10.1 Å². The maximum absolute atomic E-state index is 13.8. The van der Waals surface area contributed by atoms with E-state index in [0.717, 1.165) is 12.3 Å². The second-order valence-electron chi connectivity index (χ2n) is 4.09. The summed E-state index contributed by atoms with van der Waals surface area (Å²) in [5.41, 5.74) is 0.138. The van der Waals surface area contributed by atoms with Crippen LogP contribution >= 0.6 is 0 Å². The Bertz CT molecular complexity index is 819. The molecular formula is C13H12FN3O3S. The van der Waals surface area contributed by atoms with Gasteiger partial charge < -0.3 is 10.1 Å². The van der Waals surface area contributed by atoms with Crippen molar-refractivity contribution in [3.63, 3.8) is 0 Å². The van der Waals surface area contributed by atoms with E-state index in [9.17, 15) is 12.8 Å². The molecular weight excluding hydrogens is 297 g/mol. The Hall–Kier alpha value is -2.37. The highest BCUT2D eigenvalue weighted by molar-refractivity contribution is 7.92. The third-order valence-electron chi connectivity index (χ3n) is 2.49. The Balaban J connectivity index is 2.27. The molecule has 2 aromatic rings. The van der Waals surface area contributed by atoms with Crippen molar-refractivity contribution in [1.82, 2.24) is 9.97 Å². The molecule has 1 aromatic heterocycles. The van der Waals surface area contributed by atoms with Gasteiger partial charge in [-0.25, -0.2) is 9.37 Å². The number of nitrogens with one attached hydrogen (secondary N) is 2. The molecule has 1 aromatic carbocycles. The maximum Gasteiger partial charge on any atom is 0.279 e. The van der Waals surface area contributed by atoms with E-state index >= 15 is 0 Å². The van der Waals surface area contributed by atoms with Crippen LogP contribution < -0.4 is 4.72 Å². The first-order valence-electron chi connectivity index (χ1n) is 5.86. The highest BCUT2D eigenvalue weighted by atomic mass is 32.2. The summed E-state index contributed by atoms with van der Waals surface area (Å²) in [5.74, 6) is 4.57. The molecule has 1 heterocycles. The average Bonchev–Trinajstić information content (AvgIpc) is 2.86. The number of halogens is 1. The number of nitrogens with zero attached hydrogens (tertiary/aromatic N) is 1. The highest BCUT2D eigenvalue weighted by Crippen LogP contribution is 2.19. The van der Waals surface area contributed by atoms with Crippen molar-refractivity contribution in [3.05, 3.63) is 41.6 Å². The molecule has 8 heteroatoms. The summed E-state index contributed by atoms with van der Waals surface area (Å²) in [6.07, 6.45) is 1.15. The van der Waals surface area contributed by atoms with Gasteiger partial charge in [-0.3, -0.25) is 4.72 Å². The minimum atomic E-state index is -3.93. The number of benzene rings is 1. The first kappa shape index (κ1) is 15.0. The maximum atomic E-state index is 13.8. The molecule has 0 aliphatic heterocycles. The molecule has 0 aliphatic carbocycles. The van der Waals surface area contributed by atoms with Crippen LogP contribution in [0.3, 0.4) is 0 Å². The zero-order chi connectivity index (χ0) is 15.5. The summed E-state index contributed by atoms with van der Waals surface area (Å²) >= 11 is 0. The fraction of sp³-hybridized carbons (Fsp3) is 0.154. The Morgan fingerprint density at radius 3 is 2.81 bits per heavy atom. The predicted octanol–water partition coefficient (Wildman–Crippen LogP) is 1.00. The number of anilines is 1. The smallest absolute Gasteiger partial charge is 0.279 e. The summed E-state index contributed by atoms with van der Waals surface area (Å²) in [7, 11) is -3.93. The quantitative estimate of drug-likeness (QED) is 0.737. The Morgan fingerprint density at radius 2 is 2.24 bits per heavy atom. The van der Waals surface area contributed by atoms with Gasteiger partial charge in [0.15, 0.2) is 5.03 Å². The van der Waals surface area contributed by atoms with Crippen LogP contribution in [0.1, 0.15) is 11.4 Å². The zero-order valence-electron chi connectivity index (χ0n) is 11.0. The van der Waals surface area contributed by atoms with Crippen LogP contribution in [0.25, 0.3) is 0 Å². The van der Waals surface area contributed by atoms with E-state index in [1.807, 2.05) is 0 Å². The van der Waals surface area contributed by atoms with Gasteiger partial charge in [-0.05, 0) is 25.1 Å². The normalized spacial score (nSPS) is 10.8. The van der Waals surface area contributed by atoms with E-state index in [2.05, 4.69) is 26.5 Å². The minimum absolute atomic E-state index is 0.149. The second kappa shape index (κ2) is 5.95. The lowest BCUT2D eigenvalue weighted by Gasteiger charge is -2.07. The molecule has 0 atom stereocenters. The predicted molar refractivity (Wildman–Crippen MR) is 74.5 cm³/mol. The summed E-state index contributed by atoms with van der Waals surface area (Å²) in [5, 5.41) is 8.41. The molecule has 0 aliphatic rings. The summed E-state index contributed by atoms with van der Waals surface area (Å²) in [4.78, 5) is 6.35. The van der Waals surface area contributed by atoms with Crippen molar-refractivity contribution < 1.29 is 17.9 Å². The fourth-order valence-corrected chi connectivity index (χ4v) is 2.59. The first-order chi connectivity index (χ1) is 9.92. The van der Waals surface area contributed by atoms with E-state index in [1.165, 1.54) is 12.1 Å². The monoisotopic (exact) mass is 309 g/mol. The van der Waals surface area contributed by atoms with Crippen molar-refractivity contribution >= 4 is 15.7 Å². The number of aliphatic hydroxyl groups excluding tert-OH is 1. The van der Waals surface area contributed by atoms with Gasteiger partial charge in [-0.2, -0.15) is 8.42 Å². The second-order valence-corrected chi connectivity index (χ2v) is 5.74. The van der Waals surface area contributed by atoms with Crippen LogP contribution in [-0.4, -0.2) is 30.1 Å². The number of aryl methyl sites for hydroxylation is 1. The van der Waals surface area contributed by atoms with Crippen LogP contribution in [0, 0.1) is 24.6 Å².